The van der Waals surface area contributed by atoms with Crippen LogP contribution in [0.4, 0.5) is 0 Å². The van der Waals surface area contributed by atoms with Crippen molar-refractivity contribution in [3.8, 4) is 0 Å². The van der Waals surface area contributed by atoms with Gasteiger partial charge in [0.25, 0.3) is 0 Å². The van der Waals surface area contributed by atoms with Gasteiger partial charge in [0.05, 0.1) is 56.5 Å². The van der Waals surface area contributed by atoms with Crippen molar-refractivity contribution in [2.24, 2.45) is 0 Å². The number of rotatable bonds is 27. The molecule has 2 N–H and O–H groups in total. The molecule has 264 valence electrons. The largest absolute Gasteiger partial charge is 0.481 e. The summed E-state index contributed by atoms with van der Waals surface area (Å²) in [6.45, 7) is 6.36. The van der Waals surface area contributed by atoms with Gasteiger partial charge in [-0.1, -0.05) is 22.1 Å². The highest BCUT2D eigenvalue weighted by Gasteiger charge is 2.11. The van der Waals surface area contributed by atoms with Crippen LogP contribution in [0.15, 0.2) is 12.0 Å². The molecular formula is C24H52N2O10P2S6. The van der Waals surface area contributed by atoms with Gasteiger partial charge in [-0.15, -0.1) is 0 Å². The smallest absolute Gasteiger partial charge is 0.304 e. The Bertz CT molecular complexity index is 932. The number of sulfone groups is 2. The van der Waals surface area contributed by atoms with Gasteiger partial charge in [0.15, 0.2) is 19.7 Å². The Labute approximate surface area is 288 Å². The van der Waals surface area contributed by atoms with Crippen molar-refractivity contribution in [2.45, 2.75) is 12.8 Å². The number of nitrogens with zero attached hydrogens (tertiary/aromatic N) is 2. The molecule has 44 heavy (non-hydrogen) atoms. The van der Waals surface area contributed by atoms with Crippen molar-refractivity contribution in [1.82, 2.24) is 9.80 Å². The predicted octanol–water partition coefficient (Wildman–Crippen LogP) is 2.49. The summed E-state index contributed by atoms with van der Waals surface area (Å²) in [5, 5.41) is 17.9. The molecule has 2 unspecified atom stereocenters. The van der Waals surface area contributed by atoms with Crippen LogP contribution in [-0.2, 0) is 38.7 Å². The maximum absolute atomic E-state index is 11.8. The quantitative estimate of drug-likeness (QED) is 0.0469. The zero-order valence-electron chi connectivity index (χ0n) is 25.6. The number of aliphatic carboxylic acids is 2. The number of carboxylic acids is 2. The van der Waals surface area contributed by atoms with Crippen LogP contribution in [0.25, 0.3) is 0 Å². The summed E-state index contributed by atoms with van der Waals surface area (Å²) >= 11 is 13.7. The van der Waals surface area contributed by atoms with Crippen LogP contribution in [0, 0.1) is 0 Å². The summed E-state index contributed by atoms with van der Waals surface area (Å²) in [4.78, 5) is 24.4. The highest BCUT2D eigenvalue weighted by molar-refractivity contribution is 8.38. The molecule has 0 aromatic heterocycles. The van der Waals surface area contributed by atoms with Gasteiger partial charge in [-0.3, -0.25) is 9.59 Å². The lowest BCUT2D eigenvalue weighted by molar-refractivity contribution is -0.138. The summed E-state index contributed by atoms with van der Waals surface area (Å²) in [6.07, 6.45) is 2.34. The third-order valence-electron chi connectivity index (χ3n) is 5.07. The fourth-order valence-electron chi connectivity index (χ4n) is 2.44. The zero-order chi connectivity index (χ0) is 34.3. The van der Waals surface area contributed by atoms with Crippen molar-refractivity contribution in [2.75, 3.05) is 114 Å². The van der Waals surface area contributed by atoms with E-state index in [0.717, 1.165) is 37.0 Å². The number of thiol groups is 3. The second kappa shape index (κ2) is 33.6. The van der Waals surface area contributed by atoms with Crippen LogP contribution in [0.3, 0.4) is 0 Å². The van der Waals surface area contributed by atoms with Crippen LogP contribution in [-0.4, -0.2) is 162 Å². The molecule has 2 atom stereocenters. The third-order valence-corrected chi connectivity index (χ3v) is 12.5. The molecule has 0 saturated heterocycles. The fraction of sp³-hybridized carbons (Fsp3) is 0.833. The minimum atomic E-state index is -3.19. The summed E-state index contributed by atoms with van der Waals surface area (Å²) in [6, 6.07) is 0. The zero-order valence-corrected chi connectivity index (χ0v) is 32.8. The van der Waals surface area contributed by atoms with Gasteiger partial charge in [-0.2, -0.15) is 48.9 Å². The van der Waals surface area contributed by atoms with Crippen LogP contribution in [0.5, 0.6) is 0 Å². The van der Waals surface area contributed by atoms with Crippen molar-refractivity contribution in [3.63, 3.8) is 0 Å². The highest BCUT2D eigenvalue weighted by atomic mass is 32.7. The average molecular weight is 783 g/mol. The maximum Gasteiger partial charge on any atom is 0.304 e. The van der Waals surface area contributed by atoms with Gasteiger partial charge in [0.1, 0.15) is 0 Å². The Morgan fingerprint density at radius 3 is 1.66 bits per heavy atom. The lowest BCUT2D eigenvalue weighted by Gasteiger charge is -2.15. The molecule has 0 spiro atoms. The first-order valence-electron chi connectivity index (χ1n) is 13.6. The Hall–Kier alpha value is 0.680. The average Bonchev–Trinajstić information content (AvgIpc) is 2.95. The standard InChI is InChI=1S/C12H26NO5PS3.C10H19NO5S.C2H7PS2/c1-13(3-2-12(14)15)4-5-18-6-10-22(16,17)11-9-21-8-7-19-20;1-3-17(14,15)9-8-16-7-6-11(2)5-4-10(12)13;4-2-1-3-5/h19-20H,2-11H2,1H3,(H,14,15);3H,1,4-9H2,2H3,(H,12,13);3-5H,1-2H2. The van der Waals surface area contributed by atoms with E-state index in [9.17, 15) is 26.4 Å². The summed E-state index contributed by atoms with van der Waals surface area (Å²) in [5.41, 5.74) is 0. The molecule has 20 heteroatoms. The third kappa shape index (κ3) is 42.7. The molecule has 0 aliphatic carbocycles. The molecule has 0 bridgehead atoms. The van der Waals surface area contributed by atoms with E-state index < -0.39 is 31.6 Å². The number of thioether (sulfide) groups is 1. The van der Waals surface area contributed by atoms with Gasteiger partial charge in [-0.25, -0.2) is 16.8 Å². The SMILES string of the molecule is C=CS(=O)(=O)CCOCCN(C)CCC(=O)O.CN(CCOCCS(=O)(=O)CCSCCPS)CCC(=O)O.SCCPS. The second-order valence-electron chi connectivity index (χ2n) is 8.96. The minimum Gasteiger partial charge on any atom is -0.481 e. The molecule has 0 aliphatic rings. The normalized spacial score (nSPS) is 12.0. The lowest BCUT2D eigenvalue weighted by atomic mass is 10.4. The number of hydrogen-bond donors (Lipinski definition) is 5. The molecule has 0 fully saturated rings. The number of hydrogen-bond acceptors (Lipinski definition) is 14. The molecule has 12 nitrogen and oxygen atoms in total. The van der Waals surface area contributed by atoms with Gasteiger partial charge in [0, 0.05) is 37.3 Å². The first kappa shape index (κ1) is 49.1. The molecule has 0 aromatic carbocycles. The Morgan fingerprint density at radius 1 is 0.795 bits per heavy atom. The molecular weight excluding hydrogens is 731 g/mol. The number of carbonyl (C=O) groups is 2. The van der Waals surface area contributed by atoms with Gasteiger partial charge in [0.2, 0.25) is 0 Å². The van der Waals surface area contributed by atoms with E-state index in [2.05, 4.69) is 43.7 Å². The van der Waals surface area contributed by atoms with Crippen LogP contribution >= 0.6 is 64.5 Å². The number of ether oxygens (including phenoxy) is 2. The van der Waals surface area contributed by atoms with Crippen molar-refractivity contribution in [1.29, 1.82) is 0 Å². The topological polar surface area (TPSA) is 168 Å². The molecule has 0 radical (unpaired) electrons. The lowest BCUT2D eigenvalue weighted by Crippen LogP contribution is -2.26. The molecule has 0 aliphatic heterocycles. The molecule has 0 amide bonds. The van der Waals surface area contributed by atoms with Crippen molar-refractivity contribution < 1.29 is 46.1 Å². The van der Waals surface area contributed by atoms with E-state index in [1.165, 1.54) is 0 Å². The first-order chi connectivity index (χ1) is 20.7. The number of likely N-dealkylation sites (N-methyl/N-ethyl adjacent to an activating group) is 2. The van der Waals surface area contributed by atoms with Crippen molar-refractivity contribution >= 4 is 96.1 Å². The molecule has 0 saturated carbocycles. The second-order valence-corrected chi connectivity index (χ2v) is 18.5. The highest BCUT2D eigenvalue weighted by Crippen LogP contribution is 2.16. The summed E-state index contributed by atoms with van der Waals surface area (Å²) in [5.74, 6) is 1.05. The summed E-state index contributed by atoms with van der Waals surface area (Å²) in [7, 11) is -1.25. The molecule has 0 rings (SSSR count). The molecule has 0 aromatic rings. The van der Waals surface area contributed by atoms with Crippen LogP contribution in [0.1, 0.15) is 12.8 Å². The van der Waals surface area contributed by atoms with Crippen molar-refractivity contribution in [3.05, 3.63) is 12.0 Å². The van der Waals surface area contributed by atoms with E-state index in [1.54, 1.807) is 18.8 Å². The molecule has 0 heterocycles. The van der Waals surface area contributed by atoms with E-state index >= 15 is 0 Å². The van der Waals surface area contributed by atoms with E-state index in [4.69, 9.17) is 19.7 Å². The fourth-order valence-corrected chi connectivity index (χ4v) is 8.29. The van der Waals surface area contributed by atoms with Gasteiger partial charge in [-0.05, 0) is 37.9 Å². The Morgan fingerprint density at radius 2 is 1.27 bits per heavy atom. The summed E-state index contributed by atoms with van der Waals surface area (Å²) < 4.78 is 56.0. The van der Waals surface area contributed by atoms with Crippen LogP contribution < -0.4 is 0 Å². The minimum absolute atomic E-state index is 0.0424. The van der Waals surface area contributed by atoms with Gasteiger partial charge >= 0.3 is 11.9 Å². The van der Waals surface area contributed by atoms with E-state index in [-0.39, 0.29) is 43.3 Å². The van der Waals surface area contributed by atoms with Gasteiger partial charge < -0.3 is 29.5 Å². The van der Waals surface area contributed by atoms with E-state index in [0.29, 0.717) is 52.9 Å². The first-order valence-corrected chi connectivity index (χ1v) is 23.9. The monoisotopic (exact) mass is 782 g/mol. The maximum atomic E-state index is 11.8. The Kier molecular flexibility index (Phi) is 37.4. The van der Waals surface area contributed by atoms with E-state index in [1.807, 2.05) is 16.8 Å². The number of carboxylic acid groups (broad SMARTS) is 2. The predicted molar refractivity (Wildman–Crippen MR) is 199 cm³/mol. The Balaban J connectivity index is -0.000000676. The van der Waals surface area contributed by atoms with Crippen LogP contribution in [0.2, 0.25) is 0 Å².